The van der Waals surface area contributed by atoms with Crippen LogP contribution in [0.4, 0.5) is 0 Å². The van der Waals surface area contributed by atoms with Crippen molar-refractivity contribution < 1.29 is 0 Å². The molecule has 0 aromatic rings. The second-order valence-corrected chi connectivity index (χ2v) is 40.8. The van der Waals surface area contributed by atoms with Gasteiger partial charge in [-0.15, -0.1) is 66.5 Å². The second kappa shape index (κ2) is 14.2. The fourth-order valence-electron chi connectivity index (χ4n) is 5.48. The van der Waals surface area contributed by atoms with Crippen LogP contribution in [0.15, 0.2) is 0 Å². The summed E-state index contributed by atoms with van der Waals surface area (Å²) in [5.74, 6) is 0. The zero-order valence-electron chi connectivity index (χ0n) is 30.5. The monoisotopic (exact) mass is 660 g/mol. The Morgan fingerprint density at radius 3 is 0.452 bits per heavy atom. The van der Waals surface area contributed by atoms with Crippen molar-refractivity contribution in [1.29, 1.82) is 0 Å². The van der Waals surface area contributed by atoms with Gasteiger partial charge in [0.1, 0.15) is 0 Å². The number of rotatable bonds is 6. The third-order valence-corrected chi connectivity index (χ3v) is 29.1. The van der Waals surface area contributed by atoms with Crippen LogP contribution >= 0.6 is 0 Å². The van der Waals surface area contributed by atoms with Crippen LogP contribution in [-0.4, -0.2) is 48.4 Å². The fraction of sp³-hybridized carbons (Fsp3) is 0.667. The molecule has 0 unspecified atom stereocenters. The van der Waals surface area contributed by atoms with E-state index in [1.165, 1.54) is 0 Å². The van der Waals surface area contributed by atoms with Crippen molar-refractivity contribution in [3.8, 4) is 66.5 Å². The molecule has 0 aliphatic carbocycles. The summed E-state index contributed by atoms with van der Waals surface area (Å²) in [6, 6.07) is 0. The quantitative estimate of drug-likeness (QED) is 0.197. The van der Waals surface area contributed by atoms with E-state index in [9.17, 15) is 0 Å². The maximum atomic E-state index is 3.94. The minimum absolute atomic E-state index is 0.446. The van der Waals surface area contributed by atoms with E-state index in [0.717, 1.165) is 0 Å². The Balaban J connectivity index is 4.40. The van der Waals surface area contributed by atoms with Crippen LogP contribution in [0.5, 0.6) is 0 Å². The Bertz CT molecular complexity index is 1100. The van der Waals surface area contributed by atoms with Crippen molar-refractivity contribution in [2.24, 2.45) is 0 Å². The molecule has 0 bridgehead atoms. The van der Waals surface area contributed by atoms with Crippen molar-refractivity contribution in [3.63, 3.8) is 0 Å². The smallest absolute Gasteiger partial charge is 0.122 e. The van der Waals surface area contributed by atoms with Gasteiger partial charge in [0.2, 0.25) is 48.4 Å². The minimum atomic E-state index is -2.25. The zero-order valence-corrected chi connectivity index (χ0v) is 36.5. The van der Waals surface area contributed by atoms with E-state index in [4.69, 9.17) is 0 Å². The van der Waals surface area contributed by atoms with E-state index in [2.05, 4.69) is 189 Å². The molecule has 42 heavy (non-hydrogen) atoms. The van der Waals surface area contributed by atoms with Gasteiger partial charge in [0.05, 0.1) is 0 Å². The van der Waals surface area contributed by atoms with Crippen molar-refractivity contribution in [2.45, 2.75) is 156 Å². The molecule has 0 nitrogen and oxygen atoms in total. The molecule has 6 heteroatoms. The third kappa shape index (κ3) is 9.33. The molecule has 0 aromatic carbocycles. The molecule has 228 valence electrons. The Morgan fingerprint density at radius 2 is 0.357 bits per heavy atom. The summed E-state index contributed by atoms with van der Waals surface area (Å²) in [7, 11) is -13.1. The maximum Gasteiger partial charge on any atom is 0.220 e. The molecule has 0 aromatic heterocycles. The molecule has 1 rings (SSSR count). The SMILES string of the molecule is CC(C)[Si]1(C(C)C)C#C[Si](C)(C)C#C[Si](C(C)C)(C(C)C)C#C[Si](C)(C)C#C[Si](C(C)C)(C(C)C)C#C[Si](C)(C)C#C1. The van der Waals surface area contributed by atoms with Crippen LogP contribution in [0.2, 0.25) is 72.5 Å². The predicted octanol–water partition coefficient (Wildman–Crippen LogP) is 9.42. The predicted molar refractivity (Wildman–Crippen MR) is 207 cm³/mol. The average molecular weight is 661 g/mol. The van der Waals surface area contributed by atoms with Crippen molar-refractivity contribution in [2.75, 3.05) is 0 Å². The molecule has 0 saturated carbocycles. The van der Waals surface area contributed by atoms with Gasteiger partial charge < -0.3 is 0 Å². The van der Waals surface area contributed by atoms with Gasteiger partial charge >= 0.3 is 0 Å². The van der Waals surface area contributed by atoms with Gasteiger partial charge in [0.25, 0.3) is 0 Å². The highest BCUT2D eigenvalue weighted by molar-refractivity contribution is 7.05. The van der Waals surface area contributed by atoms with Crippen LogP contribution in [0.1, 0.15) is 83.1 Å². The van der Waals surface area contributed by atoms with E-state index in [-0.39, 0.29) is 0 Å². The molecule has 0 amide bonds. The molecule has 0 radical (unpaired) electrons. The highest BCUT2D eigenvalue weighted by Crippen LogP contribution is 2.34. The first-order chi connectivity index (χ1) is 18.9. The van der Waals surface area contributed by atoms with Gasteiger partial charge in [-0.2, -0.15) is 0 Å². The number of hydrogen-bond donors (Lipinski definition) is 0. The Kier molecular flexibility index (Phi) is 13.1. The van der Waals surface area contributed by atoms with Crippen molar-refractivity contribution in [1.82, 2.24) is 0 Å². The van der Waals surface area contributed by atoms with Crippen LogP contribution in [0.25, 0.3) is 0 Å². The summed E-state index contributed by atoms with van der Waals surface area (Å²) in [4.78, 5) is 0. The van der Waals surface area contributed by atoms with E-state index in [1.807, 2.05) is 0 Å². The molecule has 1 heterocycles. The van der Waals surface area contributed by atoms with Gasteiger partial charge in [0.15, 0.2) is 0 Å². The lowest BCUT2D eigenvalue weighted by Crippen LogP contribution is -2.43. The van der Waals surface area contributed by atoms with E-state index < -0.39 is 48.4 Å². The third-order valence-electron chi connectivity index (χ3n) is 8.96. The first kappa shape index (κ1) is 38.7. The first-order valence-corrected chi connectivity index (χ1v) is 31.6. The Labute approximate surface area is 269 Å². The molecule has 0 fully saturated rings. The van der Waals surface area contributed by atoms with Crippen molar-refractivity contribution in [3.05, 3.63) is 0 Å². The molecule has 0 atom stereocenters. The first-order valence-electron chi connectivity index (χ1n) is 16.2. The Hall–Kier alpha value is -1.34. The highest BCUT2D eigenvalue weighted by Gasteiger charge is 2.41. The fourth-order valence-corrected chi connectivity index (χ4v) is 25.8. The largest absolute Gasteiger partial charge is 0.220 e. The van der Waals surface area contributed by atoms with E-state index in [1.54, 1.807) is 0 Å². The summed E-state index contributed by atoms with van der Waals surface area (Å²) in [5, 5.41) is 0. The molecule has 1 aliphatic heterocycles. The van der Waals surface area contributed by atoms with Gasteiger partial charge in [-0.1, -0.05) is 83.1 Å². The van der Waals surface area contributed by atoms with E-state index in [0.29, 0.717) is 33.2 Å². The lowest BCUT2D eigenvalue weighted by atomic mass is 10.5. The molecule has 0 spiro atoms. The summed E-state index contributed by atoms with van der Waals surface area (Å²) in [5.41, 5.74) is 49.3. The minimum Gasteiger partial charge on any atom is -0.122 e. The summed E-state index contributed by atoms with van der Waals surface area (Å²) in [6.45, 7) is 42.0. The van der Waals surface area contributed by atoms with Crippen LogP contribution in [0, 0.1) is 66.5 Å². The van der Waals surface area contributed by atoms with Crippen LogP contribution in [-0.2, 0) is 0 Å². The summed E-state index contributed by atoms with van der Waals surface area (Å²) in [6.07, 6.45) is 0. The zero-order chi connectivity index (χ0) is 32.9. The molecule has 0 saturated heterocycles. The van der Waals surface area contributed by atoms with Crippen LogP contribution in [0.3, 0.4) is 0 Å². The molecule has 1 aliphatic rings. The lowest BCUT2D eigenvalue weighted by molar-refractivity contribution is 0.934. The molecular formula is C36H60Si6. The topological polar surface area (TPSA) is 0 Å². The standard InChI is InChI=1S/C36H60Si6/c1-31(2)40(32(3)4)25-19-37(13,14)21-27-41(33(5)6,34(7)8)29-23-39(17,18)24-30-42(35(9)10,36(11)12)28-22-38(15,16)20-26-40/h31-36H,1-18H3. The van der Waals surface area contributed by atoms with Gasteiger partial charge in [-0.05, 0) is 72.5 Å². The molecular weight excluding hydrogens is 601 g/mol. The molecule has 0 N–H and O–H groups in total. The summed E-state index contributed by atoms with van der Waals surface area (Å²) < 4.78 is 0. The number of hydrogen-bond acceptors (Lipinski definition) is 0. The summed E-state index contributed by atoms with van der Waals surface area (Å²) >= 11 is 0. The lowest BCUT2D eigenvalue weighted by Gasteiger charge is -2.31. The van der Waals surface area contributed by atoms with Crippen molar-refractivity contribution >= 4 is 48.4 Å². The van der Waals surface area contributed by atoms with Crippen LogP contribution < -0.4 is 0 Å². The van der Waals surface area contributed by atoms with Gasteiger partial charge in [-0.3, -0.25) is 0 Å². The van der Waals surface area contributed by atoms with Gasteiger partial charge in [0, 0.05) is 0 Å². The second-order valence-electron chi connectivity index (χ2n) is 15.9. The Morgan fingerprint density at radius 1 is 0.238 bits per heavy atom. The highest BCUT2D eigenvalue weighted by atomic mass is 28.3. The van der Waals surface area contributed by atoms with Gasteiger partial charge in [-0.25, -0.2) is 0 Å². The van der Waals surface area contributed by atoms with E-state index >= 15 is 0 Å². The normalized spacial score (nSPS) is 21.1. The average Bonchev–Trinajstić information content (AvgIpc) is 2.82. The maximum absolute atomic E-state index is 3.94.